The molecule has 0 saturated carbocycles. The van der Waals surface area contributed by atoms with E-state index in [1.165, 1.54) is 0 Å². The van der Waals surface area contributed by atoms with Crippen molar-refractivity contribution in [2.24, 2.45) is 0 Å². The first-order chi connectivity index (χ1) is 12.0. The zero-order valence-electron chi connectivity index (χ0n) is 14.9. The highest BCUT2D eigenvalue weighted by Crippen LogP contribution is 2.17. The maximum Gasteiger partial charge on any atom is 0.318 e. The first-order valence-corrected chi connectivity index (χ1v) is 8.49. The molecule has 0 radical (unpaired) electrons. The Hall–Kier alpha value is -2.76. The van der Waals surface area contributed by atoms with Gasteiger partial charge in [0.05, 0.1) is 25.1 Å². The highest BCUT2D eigenvalue weighted by atomic mass is 16.3. The van der Waals surface area contributed by atoms with Crippen molar-refractivity contribution >= 4 is 17.6 Å². The monoisotopic (exact) mass is 343 g/mol. The van der Waals surface area contributed by atoms with E-state index in [0.29, 0.717) is 19.5 Å². The van der Waals surface area contributed by atoms with Gasteiger partial charge in [-0.05, 0) is 37.6 Å². The van der Waals surface area contributed by atoms with Crippen LogP contribution in [0.3, 0.4) is 0 Å². The highest BCUT2D eigenvalue weighted by Gasteiger charge is 2.16. The molecule has 2 aromatic rings. The molecule has 0 aliphatic carbocycles. The Morgan fingerprint density at radius 3 is 2.44 bits per heavy atom. The third kappa shape index (κ3) is 5.38. The zero-order chi connectivity index (χ0) is 18.2. The Kier molecular flexibility index (Phi) is 6.62. The van der Waals surface area contributed by atoms with Crippen LogP contribution in [0.5, 0.6) is 0 Å². The summed E-state index contributed by atoms with van der Waals surface area (Å²) >= 11 is 0. The van der Waals surface area contributed by atoms with E-state index < -0.39 is 0 Å². The number of hydrogen-bond donors (Lipinski definition) is 2. The zero-order valence-corrected chi connectivity index (χ0v) is 14.9. The van der Waals surface area contributed by atoms with Crippen LogP contribution in [0.15, 0.2) is 47.3 Å². The van der Waals surface area contributed by atoms with Gasteiger partial charge in [0.15, 0.2) is 0 Å². The molecule has 2 N–H and O–H groups in total. The molecule has 0 aliphatic rings. The Balaban J connectivity index is 1.94. The number of furan rings is 1. The fourth-order valence-electron chi connectivity index (χ4n) is 2.39. The van der Waals surface area contributed by atoms with E-state index >= 15 is 0 Å². The van der Waals surface area contributed by atoms with E-state index in [4.69, 9.17) is 4.42 Å². The fraction of sp³-hybridized carbons (Fsp3) is 0.368. The van der Waals surface area contributed by atoms with Crippen molar-refractivity contribution in [2.45, 2.75) is 39.8 Å². The Morgan fingerprint density at radius 2 is 1.88 bits per heavy atom. The molecule has 1 aromatic heterocycles. The quantitative estimate of drug-likeness (QED) is 0.800. The van der Waals surface area contributed by atoms with E-state index in [2.05, 4.69) is 10.6 Å². The minimum atomic E-state index is -0.137. The van der Waals surface area contributed by atoms with Crippen LogP contribution in [0.25, 0.3) is 0 Å². The molecule has 25 heavy (non-hydrogen) atoms. The lowest BCUT2D eigenvalue weighted by atomic mass is 10.1. The van der Waals surface area contributed by atoms with E-state index in [1.807, 2.05) is 51.1 Å². The number of carbonyl (C=O) groups excluding carboxylic acids is 2. The van der Waals surface area contributed by atoms with Crippen LogP contribution < -0.4 is 10.6 Å². The molecule has 0 saturated heterocycles. The number of carbonyl (C=O) groups is 2. The maximum absolute atomic E-state index is 12.5. The molecule has 2 rings (SSSR count). The molecule has 6 heteroatoms. The number of nitrogens with zero attached hydrogens (tertiary/aromatic N) is 1. The molecule has 1 unspecified atom stereocenters. The van der Waals surface area contributed by atoms with Crippen molar-refractivity contribution in [1.82, 2.24) is 10.2 Å². The first kappa shape index (κ1) is 18.6. The summed E-state index contributed by atoms with van der Waals surface area (Å²) < 4.78 is 5.05. The van der Waals surface area contributed by atoms with Crippen molar-refractivity contribution in [3.63, 3.8) is 0 Å². The first-order valence-electron chi connectivity index (χ1n) is 8.49. The van der Waals surface area contributed by atoms with Gasteiger partial charge in [-0.25, -0.2) is 4.79 Å². The van der Waals surface area contributed by atoms with Crippen LogP contribution in [0, 0.1) is 0 Å². The summed E-state index contributed by atoms with van der Waals surface area (Å²) in [6.45, 7) is 6.79. The molecule has 6 nitrogen and oxygen atoms in total. The van der Waals surface area contributed by atoms with Crippen molar-refractivity contribution in [2.75, 3.05) is 11.9 Å². The predicted octanol–water partition coefficient (Wildman–Crippen LogP) is 3.92. The lowest BCUT2D eigenvalue weighted by Gasteiger charge is -2.24. The van der Waals surface area contributed by atoms with Gasteiger partial charge < -0.3 is 20.0 Å². The topological polar surface area (TPSA) is 74.6 Å². The van der Waals surface area contributed by atoms with E-state index in [9.17, 15) is 9.59 Å². The summed E-state index contributed by atoms with van der Waals surface area (Å²) in [5.74, 6) is -0.0214. The lowest BCUT2D eigenvalue weighted by molar-refractivity contribution is -0.115. The molecule has 3 amide bonds. The third-order valence-corrected chi connectivity index (χ3v) is 3.98. The van der Waals surface area contributed by atoms with E-state index in [0.717, 1.165) is 16.8 Å². The smallest absolute Gasteiger partial charge is 0.318 e. The maximum atomic E-state index is 12.5. The number of hydrogen-bond acceptors (Lipinski definition) is 3. The number of benzene rings is 1. The van der Waals surface area contributed by atoms with Crippen LogP contribution in [-0.2, 0) is 11.3 Å². The highest BCUT2D eigenvalue weighted by molar-refractivity contribution is 5.90. The molecule has 0 bridgehead atoms. The standard InChI is InChI=1S/C19H25N3O3/c1-4-18(23)21-17-8-6-16(7-9-17)14(3)20-19(24)22(5-2)12-15-10-11-25-13-15/h6-11,13-14H,4-5,12H2,1-3H3,(H,20,24)(H,21,23). The average Bonchev–Trinajstić information content (AvgIpc) is 3.13. The van der Waals surface area contributed by atoms with Crippen LogP contribution in [0.1, 0.15) is 44.4 Å². The molecule has 0 fully saturated rings. The van der Waals surface area contributed by atoms with Gasteiger partial charge in [-0.15, -0.1) is 0 Å². The predicted molar refractivity (Wildman–Crippen MR) is 97.1 cm³/mol. The molecule has 0 spiro atoms. The van der Waals surface area contributed by atoms with Gasteiger partial charge in [0, 0.05) is 24.2 Å². The number of urea groups is 1. The minimum absolute atomic E-state index is 0.0214. The second-order valence-corrected chi connectivity index (χ2v) is 5.84. The lowest BCUT2D eigenvalue weighted by Crippen LogP contribution is -2.40. The fourth-order valence-corrected chi connectivity index (χ4v) is 2.39. The molecular weight excluding hydrogens is 318 g/mol. The van der Waals surface area contributed by atoms with Crippen LogP contribution >= 0.6 is 0 Å². The summed E-state index contributed by atoms with van der Waals surface area (Å²) in [6.07, 6.45) is 3.68. The van der Waals surface area contributed by atoms with Crippen molar-refractivity contribution in [3.05, 3.63) is 54.0 Å². The summed E-state index contributed by atoms with van der Waals surface area (Å²) in [6, 6.07) is 9.08. The second-order valence-electron chi connectivity index (χ2n) is 5.84. The molecule has 1 aromatic carbocycles. The van der Waals surface area contributed by atoms with Gasteiger partial charge in [-0.3, -0.25) is 4.79 Å². The van der Waals surface area contributed by atoms with Gasteiger partial charge in [-0.2, -0.15) is 0 Å². The van der Waals surface area contributed by atoms with Crippen molar-refractivity contribution < 1.29 is 14.0 Å². The molecule has 0 aliphatic heterocycles. The summed E-state index contributed by atoms with van der Waals surface area (Å²) in [4.78, 5) is 25.6. The van der Waals surface area contributed by atoms with Gasteiger partial charge in [-0.1, -0.05) is 19.1 Å². The van der Waals surface area contributed by atoms with Crippen molar-refractivity contribution in [3.8, 4) is 0 Å². The van der Waals surface area contributed by atoms with E-state index in [-0.39, 0.29) is 18.0 Å². The number of anilines is 1. The Morgan fingerprint density at radius 1 is 1.16 bits per heavy atom. The molecule has 1 heterocycles. The van der Waals surface area contributed by atoms with Gasteiger partial charge in [0.25, 0.3) is 0 Å². The molecule has 1 atom stereocenters. The second kappa shape index (κ2) is 8.92. The number of nitrogens with one attached hydrogen (secondary N) is 2. The van der Waals surface area contributed by atoms with E-state index in [1.54, 1.807) is 17.4 Å². The Bertz CT molecular complexity index is 680. The largest absolute Gasteiger partial charge is 0.472 e. The SMILES string of the molecule is CCC(=O)Nc1ccc(C(C)NC(=O)N(CC)Cc2ccoc2)cc1. The summed E-state index contributed by atoms with van der Waals surface area (Å²) in [5, 5.41) is 5.81. The summed E-state index contributed by atoms with van der Waals surface area (Å²) in [5.41, 5.74) is 2.69. The van der Waals surface area contributed by atoms with Gasteiger partial charge in [0.2, 0.25) is 5.91 Å². The normalized spacial score (nSPS) is 11.6. The van der Waals surface area contributed by atoms with Crippen LogP contribution in [0.4, 0.5) is 10.5 Å². The minimum Gasteiger partial charge on any atom is -0.472 e. The number of amides is 3. The van der Waals surface area contributed by atoms with Gasteiger partial charge >= 0.3 is 6.03 Å². The van der Waals surface area contributed by atoms with Crippen molar-refractivity contribution in [1.29, 1.82) is 0 Å². The summed E-state index contributed by atoms with van der Waals surface area (Å²) in [7, 11) is 0. The van der Waals surface area contributed by atoms with Gasteiger partial charge in [0.1, 0.15) is 0 Å². The third-order valence-electron chi connectivity index (χ3n) is 3.98. The molecular formula is C19H25N3O3. The average molecular weight is 343 g/mol. The molecule has 134 valence electrons. The van der Waals surface area contributed by atoms with Crippen LogP contribution in [0.2, 0.25) is 0 Å². The van der Waals surface area contributed by atoms with Crippen LogP contribution in [-0.4, -0.2) is 23.4 Å². The number of rotatable bonds is 7. The Labute approximate surface area is 148 Å².